The van der Waals surface area contributed by atoms with E-state index in [1.165, 1.54) is 28.4 Å². The van der Waals surface area contributed by atoms with Crippen molar-refractivity contribution < 1.29 is 19.5 Å². The van der Waals surface area contributed by atoms with Gasteiger partial charge in [0.25, 0.3) is 5.78 Å². The molecule has 2 aliphatic rings. The minimum atomic E-state index is -1.02. The number of carbonyl (C=O) groups excluding carboxylic acids is 2. The van der Waals surface area contributed by atoms with E-state index in [0.717, 1.165) is 16.7 Å². The Morgan fingerprint density at radius 2 is 1.62 bits per heavy atom. The molecule has 0 spiro atoms. The summed E-state index contributed by atoms with van der Waals surface area (Å²) in [6.45, 7) is 0.144. The molecule has 0 saturated carbocycles. The Morgan fingerprint density at radius 3 is 2.32 bits per heavy atom. The van der Waals surface area contributed by atoms with Gasteiger partial charge in [0.15, 0.2) is 5.13 Å². The van der Waals surface area contributed by atoms with Gasteiger partial charge in [-0.15, -0.1) is 11.3 Å². The molecule has 0 radical (unpaired) electrons. The normalized spacial score (nSPS) is 13.2. The standard InChI is InChI=1S/C25H14Cl2N2O4S/c26-19-8-7-15(10-20(19)27)18-9-16-5-6-17(18)11-29(23(31)22(16)30)25-28-21(12-34-25)13-1-3-14(4-2-13)24(32)33/h1-10,12H,11H2,(H,32,33). The molecule has 3 aromatic carbocycles. The van der Waals surface area contributed by atoms with Crippen molar-refractivity contribution in [2.75, 3.05) is 4.90 Å². The van der Waals surface area contributed by atoms with E-state index in [9.17, 15) is 14.4 Å². The third kappa shape index (κ3) is 3.98. The van der Waals surface area contributed by atoms with Crippen LogP contribution in [0.5, 0.6) is 0 Å². The second-order valence-corrected chi connectivity index (χ2v) is 9.27. The van der Waals surface area contributed by atoms with Crippen molar-refractivity contribution in [2.45, 2.75) is 6.54 Å². The van der Waals surface area contributed by atoms with Crippen molar-refractivity contribution in [3.8, 4) is 22.4 Å². The molecule has 3 heterocycles. The first-order chi connectivity index (χ1) is 16.3. The highest BCUT2D eigenvalue weighted by Gasteiger charge is 2.31. The van der Waals surface area contributed by atoms with Gasteiger partial charge in [0.1, 0.15) is 0 Å². The Labute approximate surface area is 208 Å². The summed E-state index contributed by atoms with van der Waals surface area (Å²) >= 11 is 13.5. The smallest absolute Gasteiger partial charge is 0.335 e. The van der Waals surface area contributed by atoms with Crippen LogP contribution in [0.25, 0.3) is 22.4 Å². The van der Waals surface area contributed by atoms with E-state index in [1.54, 1.807) is 41.8 Å². The SMILES string of the molecule is O=C(O)c1ccc(-c2csc(N3Cc4ccc(cc4-c4ccc(Cl)c(Cl)c4)C(=O)C3=O)n2)cc1. The maximum Gasteiger partial charge on any atom is 0.335 e. The van der Waals surface area contributed by atoms with E-state index in [4.69, 9.17) is 28.3 Å². The van der Waals surface area contributed by atoms with Gasteiger partial charge in [0.2, 0.25) is 0 Å². The van der Waals surface area contributed by atoms with Crippen LogP contribution in [-0.2, 0) is 11.3 Å². The maximum absolute atomic E-state index is 13.0. The molecule has 9 heteroatoms. The number of Topliss-reactive ketones (excluding diaryl/α,β-unsaturated/α-hetero) is 1. The van der Waals surface area contributed by atoms with Crippen LogP contribution in [0.4, 0.5) is 5.13 Å². The first-order valence-corrected chi connectivity index (χ1v) is 11.7. The molecular formula is C25H14Cl2N2O4S. The lowest BCUT2D eigenvalue weighted by atomic mass is 9.93. The number of aromatic carboxylic acids is 1. The van der Waals surface area contributed by atoms with Crippen molar-refractivity contribution >= 4 is 57.3 Å². The molecule has 0 aliphatic carbocycles. The first kappa shape index (κ1) is 22.3. The molecule has 0 atom stereocenters. The van der Waals surface area contributed by atoms with Gasteiger partial charge in [-0.25, -0.2) is 9.78 Å². The lowest BCUT2D eigenvalue weighted by Crippen LogP contribution is -2.37. The number of carboxylic acids is 1. The van der Waals surface area contributed by atoms with Crippen LogP contribution in [0.1, 0.15) is 26.3 Å². The average Bonchev–Trinajstić information content (AvgIpc) is 3.32. The average molecular weight is 509 g/mol. The zero-order chi connectivity index (χ0) is 24.0. The molecule has 2 bridgehead atoms. The fourth-order valence-electron chi connectivity index (χ4n) is 3.74. The van der Waals surface area contributed by atoms with Crippen molar-refractivity contribution in [2.24, 2.45) is 0 Å². The summed E-state index contributed by atoms with van der Waals surface area (Å²) in [5, 5.41) is 12.1. The number of fused-ring (bicyclic) bond motifs is 5. The molecule has 34 heavy (non-hydrogen) atoms. The Morgan fingerprint density at radius 1 is 0.912 bits per heavy atom. The monoisotopic (exact) mass is 508 g/mol. The summed E-state index contributed by atoms with van der Waals surface area (Å²) in [6.07, 6.45) is 0. The molecule has 6 nitrogen and oxygen atoms in total. The second kappa shape index (κ2) is 8.68. The summed E-state index contributed by atoms with van der Waals surface area (Å²) in [5.74, 6) is -2.31. The van der Waals surface area contributed by atoms with Crippen LogP contribution in [0.15, 0.2) is 66.0 Å². The highest BCUT2D eigenvalue weighted by atomic mass is 35.5. The highest BCUT2D eigenvalue weighted by molar-refractivity contribution is 7.14. The van der Waals surface area contributed by atoms with Gasteiger partial charge in [-0.3, -0.25) is 14.5 Å². The number of carboxylic acid groups (broad SMARTS) is 1. The number of ketones is 1. The minimum absolute atomic E-state index is 0.144. The number of carbonyl (C=O) groups is 3. The van der Waals surface area contributed by atoms with E-state index in [-0.39, 0.29) is 17.7 Å². The zero-order valence-corrected chi connectivity index (χ0v) is 19.6. The summed E-state index contributed by atoms with van der Waals surface area (Å²) in [5.41, 5.74) is 4.12. The van der Waals surface area contributed by atoms with Crippen LogP contribution < -0.4 is 4.90 Å². The molecule has 2 aliphatic heterocycles. The predicted molar refractivity (Wildman–Crippen MR) is 132 cm³/mol. The largest absolute Gasteiger partial charge is 0.478 e. The number of nitrogens with zero attached hydrogens (tertiary/aromatic N) is 2. The quantitative estimate of drug-likeness (QED) is 0.331. The van der Waals surface area contributed by atoms with Crippen LogP contribution in [0, 0.1) is 0 Å². The lowest BCUT2D eigenvalue weighted by Gasteiger charge is -2.24. The van der Waals surface area contributed by atoms with Gasteiger partial charge in [0, 0.05) is 16.5 Å². The van der Waals surface area contributed by atoms with Crippen LogP contribution in [0.3, 0.4) is 0 Å². The number of rotatable bonds is 4. The summed E-state index contributed by atoms with van der Waals surface area (Å²) < 4.78 is 0. The van der Waals surface area contributed by atoms with Gasteiger partial charge in [-0.2, -0.15) is 0 Å². The lowest BCUT2D eigenvalue weighted by molar-refractivity contribution is -0.114. The number of halogens is 2. The summed E-state index contributed by atoms with van der Waals surface area (Å²) in [7, 11) is 0. The fraction of sp³-hybridized carbons (Fsp3) is 0.0400. The topological polar surface area (TPSA) is 87.6 Å². The Bertz CT molecular complexity index is 1480. The molecule has 1 N–H and O–H groups in total. The molecular weight excluding hydrogens is 495 g/mol. The molecule has 0 unspecified atom stereocenters. The third-order valence-corrected chi connectivity index (χ3v) is 7.12. The minimum Gasteiger partial charge on any atom is -0.478 e. The molecule has 168 valence electrons. The zero-order valence-electron chi connectivity index (χ0n) is 17.3. The van der Waals surface area contributed by atoms with Gasteiger partial charge >= 0.3 is 11.9 Å². The van der Waals surface area contributed by atoms with E-state index >= 15 is 0 Å². The van der Waals surface area contributed by atoms with Crippen molar-refractivity contribution in [3.63, 3.8) is 0 Å². The Hall–Kier alpha value is -3.52. The Balaban J connectivity index is 1.53. The molecule has 0 saturated heterocycles. The molecule has 1 amide bonds. The number of aromatic nitrogens is 1. The van der Waals surface area contributed by atoms with Crippen molar-refractivity contribution in [1.29, 1.82) is 0 Å². The van der Waals surface area contributed by atoms with Crippen LogP contribution >= 0.6 is 34.5 Å². The number of hydrogen-bond acceptors (Lipinski definition) is 5. The van der Waals surface area contributed by atoms with E-state index in [1.807, 2.05) is 12.1 Å². The first-order valence-electron chi connectivity index (χ1n) is 10.1. The van der Waals surface area contributed by atoms with Crippen LogP contribution in [-0.4, -0.2) is 27.8 Å². The summed E-state index contributed by atoms with van der Waals surface area (Å²) in [6, 6.07) is 16.7. The maximum atomic E-state index is 13.0. The van der Waals surface area contributed by atoms with E-state index in [0.29, 0.717) is 26.4 Å². The number of thiazole rings is 1. The van der Waals surface area contributed by atoms with Crippen molar-refractivity contribution in [3.05, 3.63) is 92.8 Å². The number of hydrogen-bond donors (Lipinski definition) is 1. The molecule has 4 aromatic rings. The van der Waals surface area contributed by atoms with Gasteiger partial charge in [0.05, 0.1) is 27.8 Å². The molecule has 1 aromatic heterocycles. The number of benzene rings is 3. The van der Waals surface area contributed by atoms with Crippen molar-refractivity contribution in [1.82, 2.24) is 4.98 Å². The van der Waals surface area contributed by atoms with Gasteiger partial charge < -0.3 is 5.11 Å². The predicted octanol–water partition coefficient (Wildman–Crippen LogP) is 6.21. The van der Waals surface area contributed by atoms with Gasteiger partial charge in [-0.05, 0) is 47.0 Å². The Kier molecular flexibility index (Phi) is 5.69. The van der Waals surface area contributed by atoms with E-state index in [2.05, 4.69) is 4.98 Å². The van der Waals surface area contributed by atoms with Crippen LogP contribution in [0.2, 0.25) is 10.0 Å². The highest BCUT2D eigenvalue weighted by Crippen LogP contribution is 2.35. The molecule has 0 fully saturated rings. The second-order valence-electron chi connectivity index (χ2n) is 7.62. The molecule has 6 rings (SSSR count). The fourth-order valence-corrected chi connectivity index (χ4v) is 4.86. The van der Waals surface area contributed by atoms with E-state index < -0.39 is 17.7 Å². The summed E-state index contributed by atoms with van der Waals surface area (Å²) in [4.78, 5) is 43.0. The number of amides is 1. The van der Waals surface area contributed by atoms with Gasteiger partial charge in [-0.1, -0.05) is 53.5 Å². The third-order valence-electron chi connectivity index (χ3n) is 5.52. The number of anilines is 1.